The minimum absolute atomic E-state index is 0.0441. The standard InChI is InChI=1S/C23H27N3O2/c1-17(26-16-21(24-25-26)18-9-5-3-6-10-18)19-13-14-22(23(15-19)27-2)28-20-11-7-4-8-12-20/h3,5-6,9-10,13-17,20H,4,7-8,11-12H2,1-2H3. The maximum Gasteiger partial charge on any atom is 0.161 e. The smallest absolute Gasteiger partial charge is 0.161 e. The molecule has 0 N–H and O–H groups in total. The van der Waals surface area contributed by atoms with Crippen molar-refractivity contribution < 1.29 is 9.47 Å². The summed E-state index contributed by atoms with van der Waals surface area (Å²) in [5.41, 5.74) is 3.05. The van der Waals surface area contributed by atoms with Crippen LogP contribution in [0.4, 0.5) is 0 Å². The Bertz CT molecular complexity index is 901. The van der Waals surface area contributed by atoms with E-state index in [0.717, 1.165) is 41.2 Å². The lowest BCUT2D eigenvalue weighted by molar-refractivity contribution is 0.149. The molecule has 4 rings (SSSR count). The van der Waals surface area contributed by atoms with Crippen LogP contribution in [0.2, 0.25) is 0 Å². The molecule has 1 atom stereocenters. The van der Waals surface area contributed by atoms with Crippen LogP contribution >= 0.6 is 0 Å². The zero-order valence-corrected chi connectivity index (χ0v) is 16.5. The molecule has 0 saturated heterocycles. The molecule has 1 fully saturated rings. The number of benzene rings is 2. The highest BCUT2D eigenvalue weighted by Crippen LogP contribution is 2.34. The van der Waals surface area contributed by atoms with Crippen molar-refractivity contribution >= 4 is 0 Å². The van der Waals surface area contributed by atoms with E-state index in [1.54, 1.807) is 7.11 Å². The van der Waals surface area contributed by atoms with Gasteiger partial charge in [0.25, 0.3) is 0 Å². The minimum atomic E-state index is 0.0441. The monoisotopic (exact) mass is 377 g/mol. The summed E-state index contributed by atoms with van der Waals surface area (Å²) >= 11 is 0. The molecule has 3 aromatic rings. The summed E-state index contributed by atoms with van der Waals surface area (Å²) in [6.07, 6.45) is 8.35. The number of rotatable bonds is 6. The Labute approximate surface area is 166 Å². The summed E-state index contributed by atoms with van der Waals surface area (Å²) in [5.74, 6) is 1.60. The molecule has 0 aliphatic heterocycles. The molecule has 1 aliphatic carbocycles. The zero-order valence-electron chi connectivity index (χ0n) is 16.5. The Kier molecular flexibility index (Phi) is 5.60. The molecule has 1 aromatic heterocycles. The first kappa shape index (κ1) is 18.5. The largest absolute Gasteiger partial charge is 0.493 e. The molecule has 5 heteroatoms. The molecule has 0 amide bonds. The van der Waals surface area contributed by atoms with E-state index in [1.807, 2.05) is 53.3 Å². The molecule has 0 bridgehead atoms. The van der Waals surface area contributed by atoms with E-state index in [2.05, 4.69) is 23.3 Å². The lowest BCUT2D eigenvalue weighted by Gasteiger charge is -2.24. The van der Waals surface area contributed by atoms with Crippen LogP contribution in [0.25, 0.3) is 11.3 Å². The van der Waals surface area contributed by atoms with Crippen LogP contribution in [-0.2, 0) is 0 Å². The number of methoxy groups -OCH3 is 1. The Morgan fingerprint density at radius 2 is 1.79 bits per heavy atom. The summed E-state index contributed by atoms with van der Waals surface area (Å²) in [5, 5.41) is 8.66. The third kappa shape index (κ3) is 4.03. The minimum Gasteiger partial charge on any atom is -0.493 e. The highest BCUT2D eigenvalue weighted by Gasteiger charge is 2.19. The highest BCUT2D eigenvalue weighted by molar-refractivity contribution is 5.57. The molecule has 5 nitrogen and oxygen atoms in total. The van der Waals surface area contributed by atoms with Crippen LogP contribution in [0.3, 0.4) is 0 Å². The van der Waals surface area contributed by atoms with Crippen LogP contribution in [0.1, 0.15) is 50.6 Å². The predicted octanol–water partition coefficient (Wildman–Crippen LogP) is 5.27. The number of nitrogens with zero attached hydrogens (tertiary/aromatic N) is 3. The maximum absolute atomic E-state index is 6.22. The van der Waals surface area contributed by atoms with E-state index in [0.29, 0.717) is 6.10 Å². The van der Waals surface area contributed by atoms with Crippen molar-refractivity contribution in [2.45, 2.75) is 51.2 Å². The summed E-state index contributed by atoms with van der Waals surface area (Å²) in [7, 11) is 1.69. The number of hydrogen-bond donors (Lipinski definition) is 0. The van der Waals surface area contributed by atoms with Gasteiger partial charge in [-0.2, -0.15) is 0 Å². The van der Waals surface area contributed by atoms with Crippen molar-refractivity contribution in [3.8, 4) is 22.8 Å². The topological polar surface area (TPSA) is 49.2 Å². The Morgan fingerprint density at radius 1 is 1.00 bits per heavy atom. The Hall–Kier alpha value is -2.82. The molecular formula is C23H27N3O2. The normalized spacial score (nSPS) is 15.9. The second kappa shape index (κ2) is 8.46. The van der Waals surface area contributed by atoms with Crippen molar-refractivity contribution in [1.29, 1.82) is 0 Å². The van der Waals surface area contributed by atoms with Crippen molar-refractivity contribution in [2.24, 2.45) is 0 Å². The first-order valence-corrected chi connectivity index (χ1v) is 10.1. The van der Waals surface area contributed by atoms with Gasteiger partial charge in [-0.15, -0.1) is 5.10 Å². The molecule has 0 radical (unpaired) electrons. The van der Waals surface area contributed by atoms with Gasteiger partial charge in [-0.05, 0) is 50.3 Å². The van der Waals surface area contributed by atoms with Gasteiger partial charge in [0.15, 0.2) is 11.5 Å². The molecule has 28 heavy (non-hydrogen) atoms. The van der Waals surface area contributed by atoms with E-state index in [9.17, 15) is 0 Å². The first-order valence-electron chi connectivity index (χ1n) is 10.1. The fourth-order valence-electron chi connectivity index (χ4n) is 3.76. The van der Waals surface area contributed by atoms with Gasteiger partial charge in [0.1, 0.15) is 5.69 Å². The molecule has 0 spiro atoms. The summed E-state index contributed by atoms with van der Waals surface area (Å²) in [6, 6.07) is 16.3. The van der Waals surface area contributed by atoms with Crippen LogP contribution in [0, 0.1) is 0 Å². The Balaban J connectivity index is 1.53. The third-order valence-electron chi connectivity index (χ3n) is 5.49. The van der Waals surface area contributed by atoms with Gasteiger partial charge in [-0.3, -0.25) is 0 Å². The second-order valence-electron chi connectivity index (χ2n) is 7.41. The van der Waals surface area contributed by atoms with Crippen molar-refractivity contribution in [3.05, 3.63) is 60.3 Å². The summed E-state index contributed by atoms with van der Waals surface area (Å²) in [6.45, 7) is 2.11. The molecule has 1 unspecified atom stereocenters. The maximum atomic E-state index is 6.22. The number of aromatic nitrogens is 3. The van der Waals surface area contributed by atoms with Gasteiger partial charge >= 0.3 is 0 Å². The van der Waals surface area contributed by atoms with Crippen molar-refractivity contribution in [3.63, 3.8) is 0 Å². The first-order chi connectivity index (χ1) is 13.7. The lowest BCUT2D eigenvalue weighted by Crippen LogP contribution is -2.20. The van der Waals surface area contributed by atoms with Gasteiger partial charge in [0.05, 0.1) is 25.5 Å². The summed E-state index contributed by atoms with van der Waals surface area (Å²) < 4.78 is 13.7. The van der Waals surface area contributed by atoms with E-state index in [4.69, 9.17) is 9.47 Å². The van der Waals surface area contributed by atoms with E-state index >= 15 is 0 Å². The average Bonchev–Trinajstić information content (AvgIpc) is 3.25. The van der Waals surface area contributed by atoms with E-state index in [1.165, 1.54) is 19.3 Å². The van der Waals surface area contributed by atoms with Gasteiger partial charge in [-0.1, -0.05) is 48.0 Å². The van der Waals surface area contributed by atoms with Gasteiger partial charge < -0.3 is 9.47 Å². The quantitative estimate of drug-likeness (QED) is 0.587. The van der Waals surface area contributed by atoms with Crippen molar-refractivity contribution in [2.75, 3.05) is 7.11 Å². The van der Waals surface area contributed by atoms with Crippen molar-refractivity contribution in [1.82, 2.24) is 15.0 Å². The van der Waals surface area contributed by atoms with E-state index < -0.39 is 0 Å². The summed E-state index contributed by atoms with van der Waals surface area (Å²) in [4.78, 5) is 0. The lowest BCUT2D eigenvalue weighted by atomic mass is 9.98. The number of hydrogen-bond acceptors (Lipinski definition) is 4. The SMILES string of the molecule is COc1cc(C(C)n2cc(-c3ccccc3)nn2)ccc1OC1CCCCC1. The molecule has 1 saturated carbocycles. The van der Waals surface area contributed by atoms with Crippen LogP contribution < -0.4 is 9.47 Å². The fraction of sp³-hybridized carbons (Fsp3) is 0.391. The molecule has 146 valence electrons. The average molecular weight is 377 g/mol. The zero-order chi connectivity index (χ0) is 19.3. The van der Waals surface area contributed by atoms with Gasteiger partial charge in [0, 0.05) is 5.56 Å². The van der Waals surface area contributed by atoms with E-state index in [-0.39, 0.29) is 6.04 Å². The van der Waals surface area contributed by atoms with Gasteiger partial charge in [0.2, 0.25) is 0 Å². The van der Waals surface area contributed by atoms with Crippen LogP contribution in [0.5, 0.6) is 11.5 Å². The highest BCUT2D eigenvalue weighted by atomic mass is 16.5. The molecule has 1 aliphatic rings. The third-order valence-corrected chi connectivity index (χ3v) is 5.49. The Morgan fingerprint density at radius 3 is 2.54 bits per heavy atom. The van der Waals surface area contributed by atoms with Gasteiger partial charge in [-0.25, -0.2) is 4.68 Å². The molecule has 2 aromatic carbocycles. The fourth-order valence-corrected chi connectivity index (χ4v) is 3.76. The van der Waals surface area contributed by atoms with Crippen LogP contribution in [0.15, 0.2) is 54.7 Å². The van der Waals surface area contributed by atoms with Crippen LogP contribution in [-0.4, -0.2) is 28.2 Å². The number of ether oxygens (including phenoxy) is 2. The molecular weight excluding hydrogens is 350 g/mol. The second-order valence-corrected chi connectivity index (χ2v) is 7.41. The predicted molar refractivity (Wildman–Crippen MR) is 110 cm³/mol. The molecule has 1 heterocycles.